The number of carboxylic acids is 1. The number of hydrogen-bond acceptors (Lipinski definition) is 3. The van der Waals surface area contributed by atoms with Gasteiger partial charge in [-0.1, -0.05) is 26.8 Å². The molecule has 124 valence electrons. The molecule has 5 nitrogen and oxygen atoms in total. The molecule has 1 spiro atoms. The van der Waals surface area contributed by atoms with Crippen molar-refractivity contribution in [3.63, 3.8) is 0 Å². The van der Waals surface area contributed by atoms with Gasteiger partial charge >= 0.3 is 5.97 Å². The maximum absolute atomic E-state index is 12.6. The number of pyridine rings is 1. The Morgan fingerprint density at radius 3 is 2.35 bits per heavy atom. The zero-order valence-electron chi connectivity index (χ0n) is 14.0. The fraction of sp³-hybridized carbons (Fsp3) is 0.611. The van der Waals surface area contributed by atoms with Gasteiger partial charge in [0, 0.05) is 19.3 Å². The monoisotopic (exact) mass is 316 g/mol. The van der Waals surface area contributed by atoms with Gasteiger partial charge in [-0.3, -0.25) is 14.6 Å². The summed E-state index contributed by atoms with van der Waals surface area (Å²) in [5, 5.41) is 9.12. The first-order chi connectivity index (χ1) is 10.7. The standard InChI is InChI=1S/C18H24N2O3/c1-17(2,3)12-4-5-14(19-11-12)15(21)20-8-6-18(7-9-20)10-13(18)16(22)23/h4-5,11,13H,6-10H2,1-3H3,(H,22,23). The van der Waals surface area contributed by atoms with E-state index in [1.165, 1.54) is 0 Å². The minimum absolute atomic E-state index is 0.0178. The number of likely N-dealkylation sites (tertiary alicyclic amines) is 1. The molecular formula is C18H24N2O3. The molecule has 1 amide bonds. The van der Waals surface area contributed by atoms with E-state index < -0.39 is 5.97 Å². The molecule has 5 heteroatoms. The van der Waals surface area contributed by atoms with Crippen molar-refractivity contribution in [1.29, 1.82) is 0 Å². The van der Waals surface area contributed by atoms with Gasteiger partial charge in [0.2, 0.25) is 0 Å². The summed E-state index contributed by atoms with van der Waals surface area (Å²) in [7, 11) is 0. The quantitative estimate of drug-likeness (QED) is 0.910. The first kappa shape index (κ1) is 16.0. The third-order valence-electron chi connectivity index (χ3n) is 5.38. The molecule has 23 heavy (non-hydrogen) atoms. The van der Waals surface area contributed by atoms with Crippen molar-refractivity contribution in [1.82, 2.24) is 9.88 Å². The van der Waals surface area contributed by atoms with Crippen molar-refractivity contribution in [2.45, 2.75) is 45.4 Å². The van der Waals surface area contributed by atoms with Crippen molar-refractivity contribution in [2.75, 3.05) is 13.1 Å². The van der Waals surface area contributed by atoms with E-state index >= 15 is 0 Å². The molecule has 2 fully saturated rings. The largest absolute Gasteiger partial charge is 0.481 e. The second kappa shape index (κ2) is 5.32. The van der Waals surface area contributed by atoms with E-state index in [4.69, 9.17) is 5.11 Å². The summed E-state index contributed by atoms with van der Waals surface area (Å²) in [5.74, 6) is -0.944. The number of rotatable bonds is 2. The number of piperidine rings is 1. The van der Waals surface area contributed by atoms with Crippen LogP contribution in [0.3, 0.4) is 0 Å². The summed E-state index contributed by atoms with van der Waals surface area (Å²) < 4.78 is 0. The van der Waals surface area contributed by atoms with Crippen LogP contribution in [-0.4, -0.2) is 40.0 Å². The normalized spacial score (nSPS) is 22.9. The highest BCUT2D eigenvalue weighted by molar-refractivity contribution is 5.92. The molecule has 2 heterocycles. The van der Waals surface area contributed by atoms with Gasteiger partial charge in [0.1, 0.15) is 5.69 Å². The van der Waals surface area contributed by atoms with Gasteiger partial charge in [-0.25, -0.2) is 0 Å². The molecule has 1 saturated heterocycles. The molecule has 1 aromatic heterocycles. The van der Waals surface area contributed by atoms with Crippen molar-refractivity contribution in [2.24, 2.45) is 11.3 Å². The average Bonchev–Trinajstić information content (AvgIpc) is 3.21. The van der Waals surface area contributed by atoms with Gasteiger partial charge in [-0.2, -0.15) is 0 Å². The number of carbonyl (C=O) groups is 2. The molecule has 3 rings (SSSR count). The molecule has 1 aliphatic carbocycles. The van der Waals surface area contributed by atoms with Crippen LogP contribution in [0.2, 0.25) is 0 Å². The lowest BCUT2D eigenvalue weighted by molar-refractivity contribution is -0.139. The number of carboxylic acid groups (broad SMARTS) is 1. The van der Waals surface area contributed by atoms with Gasteiger partial charge < -0.3 is 10.0 Å². The number of carbonyl (C=O) groups excluding carboxylic acids is 1. The summed E-state index contributed by atoms with van der Waals surface area (Å²) in [4.78, 5) is 29.8. The highest BCUT2D eigenvalue weighted by Gasteiger charge is 2.59. The zero-order chi connectivity index (χ0) is 16.8. The smallest absolute Gasteiger partial charge is 0.307 e. The second-order valence-electron chi connectivity index (χ2n) is 7.93. The first-order valence-corrected chi connectivity index (χ1v) is 8.22. The van der Waals surface area contributed by atoms with Crippen LogP contribution >= 0.6 is 0 Å². The van der Waals surface area contributed by atoms with Crippen LogP contribution in [0.15, 0.2) is 18.3 Å². The zero-order valence-corrected chi connectivity index (χ0v) is 14.0. The number of hydrogen-bond donors (Lipinski definition) is 1. The Hall–Kier alpha value is -1.91. The van der Waals surface area contributed by atoms with Crippen LogP contribution in [0.4, 0.5) is 0 Å². The van der Waals surface area contributed by atoms with Crippen LogP contribution in [0.1, 0.15) is 56.1 Å². The maximum Gasteiger partial charge on any atom is 0.307 e. The van der Waals surface area contributed by atoms with Gasteiger partial charge in [-0.05, 0) is 41.7 Å². The molecule has 1 aromatic rings. The number of aliphatic carboxylic acids is 1. The number of nitrogens with zero attached hydrogens (tertiary/aromatic N) is 2. The van der Waals surface area contributed by atoms with Gasteiger partial charge in [0.05, 0.1) is 5.92 Å². The lowest BCUT2D eigenvalue weighted by Gasteiger charge is -2.32. The minimum atomic E-state index is -0.691. The van der Waals surface area contributed by atoms with E-state index in [0.717, 1.165) is 24.8 Å². The molecule has 0 bridgehead atoms. The van der Waals surface area contributed by atoms with E-state index in [1.54, 1.807) is 12.3 Å². The van der Waals surface area contributed by atoms with E-state index in [2.05, 4.69) is 25.8 Å². The number of amides is 1. The Balaban J connectivity index is 1.63. The molecular weight excluding hydrogens is 292 g/mol. The third-order valence-corrected chi connectivity index (χ3v) is 5.38. The summed E-state index contributed by atoms with van der Waals surface area (Å²) >= 11 is 0. The molecule has 1 N–H and O–H groups in total. The van der Waals surface area contributed by atoms with Crippen LogP contribution < -0.4 is 0 Å². The molecule has 1 unspecified atom stereocenters. The Labute approximate surface area is 136 Å². The molecule has 1 atom stereocenters. The van der Waals surface area contributed by atoms with E-state index in [-0.39, 0.29) is 22.7 Å². The summed E-state index contributed by atoms with van der Waals surface area (Å²) in [5.41, 5.74) is 1.55. The van der Waals surface area contributed by atoms with Crippen molar-refractivity contribution in [3.05, 3.63) is 29.6 Å². The lowest BCUT2D eigenvalue weighted by atomic mass is 9.88. The predicted octanol–water partition coefficient (Wildman–Crippen LogP) is 2.71. The molecule has 2 aliphatic rings. The van der Waals surface area contributed by atoms with Crippen LogP contribution in [0, 0.1) is 11.3 Å². The summed E-state index contributed by atoms with van der Waals surface area (Å²) in [6, 6.07) is 3.76. The summed E-state index contributed by atoms with van der Waals surface area (Å²) in [6.07, 6.45) is 4.12. The third kappa shape index (κ3) is 2.96. The Morgan fingerprint density at radius 2 is 1.91 bits per heavy atom. The predicted molar refractivity (Wildman–Crippen MR) is 86.3 cm³/mol. The SMILES string of the molecule is CC(C)(C)c1ccc(C(=O)N2CCC3(CC2)CC3C(=O)O)nc1. The van der Waals surface area contributed by atoms with Gasteiger partial charge in [0.25, 0.3) is 5.91 Å². The van der Waals surface area contributed by atoms with E-state index in [9.17, 15) is 9.59 Å². The van der Waals surface area contributed by atoms with Crippen LogP contribution in [0.25, 0.3) is 0 Å². The Bertz CT molecular complexity index is 623. The maximum atomic E-state index is 12.6. The minimum Gasteiger partial charge on any atom is -0.481 e. The lowest BCUT2D eigenvalue weighted by Crippen LogP contribution is -2.40. The molecule has 0 radical (unpaired) electrons. The summed E-state index contributed by atoms with van der Waals surface area (Å²) in [6.45, 7) is 7.61. The first-order valence-electron chi connectivity index (χ1n) is 8.22. The highest BCUT2D eigenvalue weighted by Crippen LogP contribution is 2.59. The van der Waals surface area contributed by atoms with E-state index in [1.807, 2.05) is 11.0 Å². The Kier molecular flexibility index (Phi) is 3.69. The fourth-order valence-electron chi connectivity index (χ4n) is 3.53. The fourth-order valence-corrected chi connectivity index (χ4v) is 3.53. The second-order valence-corrected chi connectivity index (χ2v) is 7.93. The van der Waals surface area contributed by atoms with Gasteiger partial charge in [0.15, 0.2) is 0 Å². The average molecular weight is 316 g/mol. The van der Waals surface area contributed by atoms with Crippen molar-refractivity contribution in [3.8, 4) is 0 Å². The molecule has 0 aromatic carbocycles. The topological polar surface area (TPSA) is 70.5 Å². The Morgan fingerprint density at radius 1 is 1.26 bits per heavy atom. The molecule has 1 aliphatic heterocycles. The van der Waals surface area contributed by atoms with E-state index in [0.29, 0.717) is 18.8 Å². The van der Waals surface area contributed by atoms with Crippen LogP contribution in [-0.2, 0) is 10.2 Å². The number of aromatic nitrogens is 1. The highest BCUT2D eigenvalue weighted by atomic mass is 16.4. The van der Waals surface area contributed by atoms with Crippen molar-refractivity contribution < 1.29 is 14.7 Å². The van der Waals surface area contributed by atoms with Gasteiger partial charge in [-0.15, -0.1) is 0 Å². The van der Waals surface area contributed by atoms with Crippen LogP contribution in [0.5, 0.6) is 0 Å². The molecule has 1 saturated carbocycles. The van der Waals surface area contributed by atoms with Crippen molar-refractivity contribution >= 4 is 11.9 Å².